The van der Waals surface area contributed by atoms with Crippen LogP contribution < -0.4 is 5.32 Å². The van der Waals surface area contributed by atoms with Crippen LogP contribution in [0.3, 0.4) is 0 Å². The maximum Gasteiger partial charge on any atom is 0.226 e. The van der Waals surface area contributed by atoms with E-state index in [1.54, 1.807) is 17.7 Å². The van der Waals surface area contributed by atoms with E-state index in [1.807, 2.05) is 18.3 Å². The monoisotopic (exact) mass is 461 g/mol. The minimum Gasteiger partial charge on any atom is -0.341 e. The first-order valence-corrected chi connectivity index (χ1v) is 12.3. The molecule has 1 aromatic carbocycles. The number of nitrogens with zero attached hydrogens (tertiary/aromatic N) is 5. The molecular weight excluding hydrogens is 434 g/mol. The number of carbonyl (C=O) groups is 1. The van der Waals surface area contributed by atoms with Gasteiger partial charge in [-0.05, 0) is 63.5 Å². The van der Waals surface area contributed by atoms with E-state index >= 15 is 0 Å². The molecule has 2 aliphatic rings. The normalized spacial score (nSPS) is 20.6. The van der Waals surface area contributed by atoms with Crippen LogP contribution in [-0.2, 0) is 17.6 Å². The summed E-state index contributed by atoms with van der Waals surface area (Å²) in [6, 6.07) is 6.58. The summed E-state index contributed by atoms with van der Waals surface area (Å²) < 4.78 is 0. The number of H-pyrrole nitrogens is 1. The average Bonchev–Trinajstić information content (AvgIpc) is 3.55. The third-order valence-corrected chi connectivity index (χ3v) is 8.27. The highest BCUT2D eigenvalue weighted by molar-refractivity contribution is 7.19. The number of thiophene rings is 1. The van der Waals surface area contributed by atoms with Gasteiger partial charge < -0.3 is 15.1 Å². The number of nitrogens with one attached hydrogen (secondary N) is 2. The van der Waals surface area contributed by atoms with E-state index in [2.05, 4.69) is 55.4 Å². The Labute approximate surface area is 196 Å². The number of carbonyl (C=O) groups excluding carboxylic acids is 1. The summed E-state index contributed by atoms with van der Waals surface area (Å²) in [6.45, 7) is 1.72. The summed E-state index contributed by atoms with van der Waals surface area (Å²) in [6.07, 6.45) is 7.08. The minimum atomic E-state index is 0.0688. The largest absolute Gasteiger partial charge is 0.341 e. The van der Waals surface area contributed by atoms with E-state index < -0.39 is 0 Å². The fourth-order valence-corrected chi connectivity index (χ4v) is 6.46. The molecule has 4 heterocycles. The molecule has 2 unspecified atom stereocenters. The summed E-state index contributed by atoms with van der Waals surface area (Å²) in [4.78, 5) is 29.0. The number of aryl methyl sites for hydroxylation is 1. The summed E-state index contributed by atoms with van der Waals surface area (Å²) in [5.74, 6) is 1.22. The fraction of sp³-hybridized carbons (Fsp3) is 0.417. The van der Waals surface area contributed by atoms with Gasteiger partial charge in [-0.1, -0.05) is 0 Å². The van der Waals surface area contributed by atoms with Gasteiger partial charge in [-0.25, -0.2) is 9.97 Å². The Balaban J connectivity index is 1.25. The average molecular weight is 462 g/mol. The van der Waals surface area contributed by atoms with Crippen LogP contribution in [0.15, 0.2) is 30.7 Å². The van der Waals surface area contributed by atoms with E-state index in [-0.39, 0.29) is 5.92 Å². The Morgan fingerprint density at radius 2 is 2.18 bits per heavy atom. The van der Waals surface area contributed by atoms with Crippen molar-refractivity contribution < 1.29 is 4.79 Å². The van der Waals surface area contributed by atoms with Crippen LogP contribution in [0.25, 0.3) is 21.1 Å². The van der Waals surface area contributed by atoms with Crippen LogP contribution in [-0.4, -0.2) is 69.1 Å². The molecule has 1 aliphatic heterocycles. The molecule has 1 aliphatic carbocycles. The third kappa shape index (κ3) is 3.65. The first-order chi connectivity index (χ1) is 16.1. The number of benzene rings is 1. The maximum absolute atomic E-state index is 13.3. The van der Waals surface area contributed by atoms with Gasteiger partial charge in [0.1, 0.15) is 17.0 Å². The van der Waals surface area contributed by atoms with Gasteiger partial charge >= 0.3 is 0 Å². The highest BCUT2D eigenvalue weighted by atomic mass is 32.1. The van der Waals surface area contributed by atoms with E-state index in [0.717, 1.165) is 71.4 Å². The number of fused-ring (bicyclic) bond motifs is 4. The fourth-order valence-electron chi connectivity index (χ4n) is 5.19. The molecule has 0 radical (unpaired) electrons. The molecule has 1 saturated heterocycles. The van der Waals surface area contributed by atoms with Gasteiger partial charge in [0.25, 0.3) is 0 Å². The second kappa shape index (κ2) is 8.07. The van der Waals surface area contributed by atoms with Crippen molar-refractivity contribution in [2.45, 2.75) is 31.7 Å². The minimum absolute atomic E-state index is 0.0688. The molecule has 6 rings (SSSR count). The number of hydrogen-bond donors (Lipinski definition) is 2. The standard InChI is InChI=1S/C24H27N7OS/c1-30(2)17-7-8-31(12-17)24(32)14-3-5-18-20(10-14)33-23-21(18)22(25-13-26-23)28-16-4-6-19-15(9-16)11-27-29-19/h4,6,9,11,13-14,17H,3,5,7-8,10,12H2,1-2H3,(H,27,29)(H,25,26,28). The second-order valence-corrected chi connectivity index (χ2v) is 10.4. The predicted molar refractivity (Wildman–Crippen MR) is 131 cm³/mol. The van der Waals surface area contributed by atoms with Crippen molar-refractivity contribution in [2.75, 3.05) is 32.5 Å². The lowest BCUT2D eigenvalue weighted by Gasteiger charge is -2.27. The molecule has 0 saturated carbocycles. The topological polar surface area (TPSA) is 90.0 Å². The van der Waals surface area contributed by atoms with Gasteiger partial charge in [0.05, 0.1) is 17.1 Å². The Morgan fingerprint density at radius 3 is 3.03 bits per heavy atom. The quantitative estimate of drug-likeness (QED) is 0.483. The Morgan fingerprint density at radius 1 is 1.27 bits per heavy atom. The SMILES string of the molecule is CN(C)C1CCN(C(=O)C2CCc3c(sc4ncnc(Nc5ccc6[nH]ncc6c5)c34)C2)C1. The lowest BCUT2D eigenvalue weighted by atomic mass is 9.87. The molecule has 1 amide bonds. The number of aromatic amines is 1. The summed E-state index contributed by atoms with van der Waals surface area (Å²) in [7, 11) is 4.20. The van der Waals surface area contributed by atoms with Crippen LogP contribution in [0.5, 0.6) is 0 Å². The third-order valence-electron chi connectivity index (χ3n) is 7.10. The van der Waals surface area contributed by atoms with Crippen molar-refractivity contribution in [1.82, 2.24) is 30.0 Å². The summed E-state index contributed by atoms with van der Waals surface area (Å²) >= 11 is 1.71. The van der Waals surface area contributed by atoms with E-state index in [4.69, 9.17) is 0 Å². The number of aromatic nitrogens is 4. The predicted octanol–water partition coefficient (Wildman–Crippen LogP) is 3.58. The zero-order valence-electron chi connectivity index (χ0n) is 18.8. The van der Waals surface area contributed by atoms with E-state index in [9.17, 15) is 4.79 Å². The van der Waals surface area contributed by atoms with Crippen LogP contribution in [0, 0.1) is 5.92 Å². The molecule has 4 aromatic rings. The van der Waals surface area contributed by atoms with Gasteiger partial charge in [0.15, 0.2) is 0 Å². The number of likely N-dealkylation sites (tertiary alicyclic amines) is 1. The Bertz CT molecular complexity index is 1340. The lowest BCUT2D eigenvalue weighted by Crippen LogP contribution is -2.39. The van der Waals surface area contributed by atoms with Gasteiger partial charge in [0.2, 0.25) is 5.91 Å². The molecule has 33 heavy (non-hydrogen) atoms. The number of anilines is 2. The smallest absolute Gasteiger partial charge is 0.226 e. The first kappa shape index (κ1) is 20.6. The number of hydrogen-bond acceptors (Lipinski definition) is 7. The molecule has 170 valence electrons. The van der Waals surface area contributed by atoms with Crippen LogP contribution in [0.4, 0.5) is 11.5 Å². The van der Waals surface area contributed by atoms with Crippen LogP contribution in [0.1, 0.15) is 23.3 Å². The Hall–Kier alpha value is -3.04. The highest BCUT2D eigenvalue weighted by Gasteiger charge is 2.35. The van der Waals surface area contributed by atoms with Crippen molar-refractivity contribution >= 4 is 49.9 Å². The molecule has 2 atom stereocenters. The van der Waals surface area contributed by atoms with Crippen molar-refractivity contribution in [3.63, 3.8) is 0 Å². The summed E-state index contributed by atoms with van der Waals surface area (Å²) in [5, 5.41) is 12.7. The van der Waals surface area contributed by atoms with E-state index in [1.165, 1.54) is 10.4 Å². The van der Waals surface area contributed by atoms with Gasteiger partial charge in [-0.3, -0.25) is 9.89 Å². The van der Waals surface area contributed by atoms with Crippen molar-refractivity contribution in [3.8, 4) is 0 Å². The molecule has 3 aromatic heterocycles. The molecule has 9 heteroatoms. The van der Waals surface area contributed by atoms with Crippen molar-refractivity contribution in [2.24, 2.45) is 5.92 Å². The van der Waals surface area contributed by atoms with Crippen LogP contribution in [0.2, 0.25) is 0 Å². The molecule has 1 fully saturated rings. The van der Waals surface area contributed by atoms with Gasteiger partial charge in [-0.15, -0.1) is 11.3 Å². The molecule has 0 spiro atoms. The van der Waals surface area contributed by atoms with Crippen molar-refractivity contribution in [3.05, 3.63) is 41.2 Å². The summed E-state index contributed by atoms with van der Waals surface area (Å²) in [5.41, 5.74) is 3.28. The van der Waals surface area contributed by atoms with Crippen LogP contribution >= 0.6 is 11.3 Å². The first-order valence-electron chi connectivity index (χ1n) is 11.5. The molecular formula is C24H27N7OS. The second-order valence-electron chi connectivity index (χ2n) is 9.33. The molecule has 2 N–H and O–H groups in total. The number of amides is 1. The maximum atomic E-state index is 13.3. The van der Waals surface area contributed by atoms with Gasteiger partial charge in [-0.2, -0.15) is 5.10 Å². The van der Waals surface area contributed by atoms with Gasteiger partial charge in [0, 0.05) is 41.0 Å². The highest BCUT2D eigenvalue weighted by Crippen LogP contribution is 2.41. The molecule has 0 bridgehead atoms. The van der Waals surface area contributed by atoms with Crippen molar-refractivity contribution in [1.29, 1.82) is 0 Å². The zero-order valence-corrected chi connectivity index (χ0v) is 19.7. The number of likely N-dealkylation sites (N-methyl/N-ethyl adjacent to an activating group) is 1. The number of rotatable bonds is 4. The lowest BCUT2D eigenvalue weighted by molar-refractivity contribution is -0.134. The molecule has 8 nitrogen and oxygen atoms in total. The Kier molecular flexibility index (Phi) is 5.03. The zero-order chi connectivity index (χ0) is 22.5. The van der Waals surface area contributed by atoms with E-state index in [0.29, 0.717) is 11.9 Å².